The van der Waals surface area contributed by atoms with E-state index >= 15 is 0 Å². The van der Waals surface area contributed by atoms with Gasteiger partial charge in [-0.15, -0.1) is 0 Å². The first-order valence-electron chi connectivity index (χ1n) is 6.96. The quantitative estimate of drug-likeness (QED) is 0.903. The Morgan fingerprint density at radius 3 is 2.10 bits per heavy atom. The van der Waals surface area contributed by atoms with E-state index in [1.165, 1.54) is 5.56 Å². The van der Waals surface area contributed by atoms with Crippen LogP contribution in [0, 0.1) is 0 Å². The first-order valence-corrected chi connectivity index (χ1v) is 6.96. The molecule has 0 aliphatic carbocycles. The van der Waals surface area contributed by atoms with Gasteiger partial charge in [0.2, 0.25) is 0 Å². The molecule has 0 saturated carbocycles. The lowest BCUT2D eigenvalue weighted by atomic mass is 9.87. The summed E-state index contributed by atoms with van der Waals surface area (Å²) in [6.07, 6.45) is 1.64. The molecule has 0 unspecified atom stereocenters. The van der Waals surface area contributed by atoms with Crippen LogP contribution in [0.1, 0.15) is 36.8 Å². The third-order valence-corrected chi connectivity index (χ3v) is 3.29. The number of hydrogen-bond acceptors (Lipinski definition) is 3. The lowest BCUT2D eigenvalue weighted by Gasteiger charge is -2.19. The highest BCUT2D eigenvalue weighted by atomic mass is 16.1. The standard InChI is InChI=1S/C17H21N3O/c1-17(2,3)12-5-7-13(8-6-12)20-16(21)15-10-9-14(18-4)11-19-15/h5-11,18H,1-4H3,(H,20,21). The number of aromatic nitrogens is 1. The number of nitrogens with zero attached hydrogens (tertiary/aromatic N) is 1. The topological polar surface area (TPSA) is 54.0 Å². The molecule has 0 bridgehead atoms. The first kappa shape index (κ1) is 15.0. The molecule has 110 valence electrons. The Balaban J connectivity index is 2.08. The molecule has 2 aromatic rings. The fraction of sp³-hybridized carbons (Fsp3) is 0.294. The molecular weight excluding hydrogens is 262 g/mol. The van der Waals surface area contributed by atoms with Crippen LogP contribution in [0.25, 0.3) is 0 Å². The average Bonchev–Trinajstić information content (AvgIpc) is 2.47. The predicted octanol–water partition coefficient (Wildman–Crippen LogP) is 3.67. The van der Waals surface area contributed by atoms with Gasteiger partial charge in [0.1, 0.15) is 5.69 Å². The third-order valence-electron chi connectivity index (χ3n) is 3.29. The van der Waals surface area contributed by atoms with E-state index in [1.54, 1.807) is 12.3 Å². The number of nitrogens with one attached hydrogen (secondary N) is 2. The highest BCUT2D eigenvalue weighted by Gasteiger charge is 2.13. The van der Waals surface area contributed by atoms with E-state index in [4.69, 9.17) is 0 Å². The summed E-state index contributed by atoms with van der Waals surface area (Å²) < 4.78 is 0. The third kappa shape index (κ3) is 3.81. The second kappa shape index (κ2) is 5.95. The van der Waals surface area contributed by atoms with Crippen molar-refractivity contribution in [2.75, 3.05) is 17.7 Å². The predicted molar refractivity (Wildman–Crippen MR) is 86.9 cm³/mol. The van der Waals surface area contributed by atoms with Gasteiger partial charge < -0.3 is 10.6 Å². The van der Waals surface area contributed by atoms with Crippen molar-refractivity contribution < 1.29 is 4.79 Å². The molecule has 2 rings (SSSR count). The van der Waals surface area contributed by atoms with Gasteiger partial charge in [0.05, 0.1) is 11.9 Å². The molecule has 0 aliphatic heterocycles. The highest BCUT2D eigenvalue weighted by Crippen LogP contribution is 2.23. The van der Waals surface area contributed by atoms with E-state index in [-0.39, 0.29) is 11.3 Å². The van der Waals surface area contributed by atoms with Crippen molar-refractivity contribution in [1.29, 1.82) is 0 Å². The maximum absolute atomic E-state index is 12.1. The van der Waals surface area contributed by atoms with Crippen LogP contribution < -0.4 is 10.6 Å². The minimum absolute atomic E-state index is 0.104. The normalized spacial score (nSPS) is 11.0. The second-order valence-corrected chi connectivity index (χ2v) is 5.96. The Morgan fingerprint density at radius 1 is 1.00 bits per heavy atom. The summed E-state index contributed by atoms with van der Waals surface area (Å²) in [6.45, 7) is 6.48. The fourth-order valence-corrected chi connectivity index (χ4v) is 1.92. The van der Waals surface area contributed by atoms with Crippen molar-refractivity contribution in [1.82, 2.24) is 4.98 Å². The van der Waals surface area contributed by atoms with Gasteiger partial charge in [0.15, 0.2) is 0 Å². The van der Waals surface area contributed by atoms with Crippen LogP contribution in [0.2, 0.25) is 0 Å². The Kier molecular flexibility index (Phi) is 4.26. The van der Waals surface area contributed by atoms with Crippen molar-refractivity contribution in [3.63, 3.8) is 0 Å². The number of pyridine rings is 1. The summed E-state index contributed by atoms with van der Waals surface area (Å²) in [6, 6.07) is 11.4. The number of rotatable bonds is 3. The van der Waals surface area contributed by atoms with Crippen molar-refractivity contribution in [3.05, 3.63) is 53.9 Å². The highest BCUT2D eigenvalue weighted by molar-refractivity contribution is 6.02. The molecule has 21 heavy (non-hydrogen) atoms. The maximum Gasteiger partial charge on any atom is 0.274 e. The number of amides is 1. The number of carbonyl (C=O) groups excluding carboxylic acids is 1. The SMILES string of the molecule is CNc1ccc(C(=O)Nc2ccc(C(C)(C)C)cc2)nc1. The van der Waals surface area contributed by atoms with Crippen LogP contribution in [0.3, 0.4) is 0 Å². The van der Waals surface area contributed by atoms with E-state index in [9.17, 15) is 4.79 Å². The second-order valence-electron chi connectivity index (χ2n) is 5.96. The van der Waals surface area contributed by atoms with Crippen LogP contribution in [-0.4, -0.2) is 17.9 Å². The van der Waals surface area contributed by atoms with Crippen molar-refractivity contribution in [2.45, 2.75) is 26.2 Å². The van der Waals surface area contributed by atoms with Gasteiger partial charge in [-0.2, -0.15) is 0 Å². The summed E-state index contributed by atoms with van der Waals surface area (Å²) in [5.41, 5.74) is 3.38. The van der Waals surface area contributed by atoms with Crippen LogP contribution in [0.5, 0.6) is 0 Å². The number of carbonyl (C=O) groups is 1. The maximum atomic E-state index is 12.1. The molecule has 1 aromatic carbocycles. The molecule has 4 heteroatoms. The van der Waals surface area contributed by atoms with Crippen LogP contribution >= 0.6 is 0 Å². The fourth-order valence-electron chi connectivity index (χ4n) is 1.92. The van der Waals surface area contributed by atoms with E-state index in [2.05, 4.69) is 36.4 Å². The molecule has 0 atom stereocenters. The monoisotopic (exact) mass is 283 g/mol. The minimum atomic E-state index is -0.207. The van der Waals surface area contributed by atoms with Crippen LogP contribution in [-0.2, 0) is 5.41 Å². The van der Waals surface area contributed by atoms with E-state index in [0.29, 0.717) is 5.69 Å². The van der Waals surface area contributed by atoms with E-state index < -0.39 is 0 Å². The minimum Gasteiger partial charge on any atom is -0.387 e. The molecule has 0 radical (unpaired) electrons. The van der Waals surface area contributed by atoms with E-state index in [1.807, 2.05) is 37.4 Å². The molecule has 0 spiro atoms. The molecule has 0 aliphatic rings. The zero-order valence-corrected chi connectivity index (χ0v) is 12.9. The smallest absolute Gasteiger partial charge is 0.274 e. The molecule has 1 amide bonds. The van der Waals surface area contributed by atoms with Gasteiger partial charge in [0.25, 0.3) is 5.91 Å². The summed E-state index contributed by atoms with van der Waals surface area (Å²) >= 11 is 0. The molecule has 0 fully saturated rings. The number of hydrogen-bond donors (Lipinski definition) is 2. The van der Waals surface area contributed by atoms with Gasteiger partial charge in [-0.1, -0.05) is 32.9 Å². The Morgan fingerprint density at radius 2 is 1.62 bits per heavy atom. The zero-order valence-electron chi connectivity index (χ0n) is 12.9. The van der Waals surface area contributed by atoms with Gasteiger partial charge in [-0.25, -0.2) is 4.98 Å². The molecule has 1 aromatic heterocycles. The number of benzene rings is 1. The van der Waals surface area contributed by atoms with Gasteiger partial charge >= 0.3 is 0 Å². The lowest BCUT2D eigenvalue weighted by Crippen LogP contribution is -2.14. The Hall–Kier alpha value is -2.36. The van der Waals surface area contributed by atoms with Gasteiger partial charge in [0, 0.05) is 12.7 Å². The van der Waals surface area contributed by atoms with Crippen molar-refractivity contribution in [3.8, 4) is 0 Å². The summed E-state index contributed by atoms with van der Waals surface area (Å²) in [7, 11) is 1.81. The Bertz CT molecular complexity index is 610. The summed E-state index contributed by atoms with van der Waals surface area (Å²) in [4.78, 5) is 16.2. The molecule has 2 N–H and O–H groups in total. The van der Waals surface area contributed by atoms with Crippen LogP contribution in [0.4, 0.5) is 11.4 Å². The molecule has 1 heterocycles. The van der Waals surface area contributed by atoms with Gasteiger partial charge in [-0.05, 0) is 35.2 Å². The first-order chi connectivity index (χ1) is 9.90. The molecule has 4 nitrogen and oxygen atoms in total. The average molecular weight is 283 g/mol. The van der Waals surface area contributed by atoms with Crippen LogP contribution in [0.15, 0.2) is 42.6 Å². The largest absolute Gasteiger partial charge is 0.387 e. The lowest BCUT2D eigenvalue weighted by molar-refractivity contribution is 0.102. The number of anilines is 2. The zero-order chi connectivity index (χ0) is 15.5. The summed E-state index contributed by atoms with van der Waals surface area (Å²) in [5.74, 6) is -0.207. The Labute approximate surface area is 125 Å². The van der Waals surface area contributed by atoms with Crippen molar-refractivity contribution >= 4 is 17.3 Å². The molecular formula is C17H21N3O. The summed E-state index contributed by atoms with van der Waals surface area (Å²) in [5, 5.41) is 5.82. The van der Waals surface area contributed by atoms with Crippen molar-refractivity contribution in [2.24, 2.45) is 0 Å². The van der Waals surface area contributed by atoms with E-state index in [0.717, 1.165) is 11.4 Å². The van der Waals surface area contributed by atoms with Gasteiger partial charge in [-0.3, -0.25) is 4.79 Å². The molecule has 0 saturated heterocycles.